The minimum atomic E-state index is 0.366. The molecule has 0 saturated heterocycles. The fourth-order valence-corrected chi connectivity index (χ4v) is 9.18. The van der Waals surface area contributed by atoms with Crippen LogP contribution in [0.15, 0.2) is 188 Å². The smallest absolute Gasteiger partial charge is 0.0561 e. The van der Waals surface area contributed by atoms with Gasteiger partial charge in [0.15, 0.2) is 0 Å². The fourth-order valence-electron chi connectivity index (χ4n) is 9.18. The van der Waals surface area contributed by atoms with E-state index in [2.05, 4.69) is 198 Å². The van der Waals surface area contributed by atoms with Gasteiger partial charge in [-0.25, -0.2) is 0 Å². The van der Waals surface area contributed by atoms with Gasteiger partial charge in [0.1, 0.15) is 0 Å². The van der Waals surface area contributed by atoms with E-state index in [0.717, 1.165) is 17.8 Å². The highest BCUT2D eigenvalue weighted by atomic mass is 15.2. The number of fused-ring (bicyclic) bond motifs is 8. The maximum absolute atomic E-state index is 2.54. The summed E-state index contributed by atoms with van der Waals surface area (Å²) in [5.41, 5.74) is 15.0. The highest BCUT2D eigenvalue weighted by Gasteiger charge is 2.30. The molecule has 8 aromatic carbocycles. The van der Waals surface area contributed by atoms with Crippen molar-refractivity contribution in [2.45, 2.75) is 13.3 Å². The molecule has 0 fully saturated rings. The minimum Gasteiger partial charge on any atom is -0.310 e. The van der Waals surface area contributed by atoms with Crippen LogP contribution in [-0.4, -0.2) is 4.57 Å². The predicted molar refractivity (Wildman–Crippen MR) is 225 cm³/mol. The number of para-hydroxylation sites is 2. The second-order valence-corrected chi connectivity index (χ2v) is 14.6. The number of benzene rings is 8. The summed E-state index contributed by atoms with van der Waals surface area (Å²) in [6.45, 7) is 2.35. The third kappa shape index (κ3) is 4.59. The van der Waals surface area contributed by atoms with E-state index in [1.165, 1.54) is 88.1 Å². The van der Waals surface area contributed by atoms with Crippen molar-refractivity contribution in [3.63, 3.8) is 0 Å². The topological polar surface area (TPSA) is 8.17 Å². The van der Waals surface area contributed by atoms with E-state index < -0.39 is 0 Å². The largest absolute Gasteiger partial charge is 0.310 e. The molecule has 9 aromatic rings. The molecule has 2 aliphatic carbocycles. The predicted octanol–water partition coefficient (Wildman–Crippen LogP) is 13.9. The van der Waals surface area contributed by atoms with E-state index in [9.17, 15) is 0 Å². The minimum absolute atomic E-state index is 0.366. The Labute approximate surface area is 309 Å². The zero-order valence-electron chi connectivity index (χ0n) is 29.5. The Morgan fingerprint density at radius 2 is 1.25 bits per heavy atom. The number of aromatic nitrogens is 1. The maximum Gasteiger partial charge on any atom is 0.0561 e. The first kappa shape index (κ1) is 30.0. The Hall–Kier alpha value is -6.64. The van der Waals surface area contributed by atoms with Gasteiger partial charge in [-0.15, -0.1) is 0 Å². The van der Waals surface area contributed by atoms with Gasteiger partial charge >= 0.3 is 0 Å². The van der Waals surface area contributed by atoms with Crippen LogP contribution in [0.1, 0.15) is 18.9 Å². The van der Waals surface area contributed by atoms with E-state index in [1.807, 2.05) is 0 Å². The van der Waals surface area contributed by atoms with Crippen molar-refractivity contribution in [2.75, 3.05) is 4.90 Å². The lowest BCUT2D eigenvalue weighted by Crippen LogP contribution is -2.19. The summed E-state index contributed by atoms with van der Waals surface area (Å²) in [7, 11) is 0. The molecule has 0 bridgehead atoms. The lowest BCUT2D eigenvalue weighted by Gasteiger charge is -2.32. The first-order chi connectivity index (χ1) is 26.2. The maximum atomic E-state index is 2.54. The summed E-state index contributed by atoms with van der Waals surface area (Å²) >= 11 is 0. The summed E-state index contributed by atoms with van der Waals surface area (Å²) in [4.78, 5) is 2.54. The van der Waals surface area contributed by atoms with E-state index >= 15 is 0 Å². The number of nitrogens with zero attached hydrogens (tertiary/aromatic N) is 2. The third-order valence-corrected chi connectivity index (χ3v) is 11.4. The van der Waals surface area contributed by atoms with Crippen molar-refractivity contribution in [1.82, 2.24) is 4.57 Å². The van der Waals surface area contributed by atoms with Crippen LogP contribution in [0.4, 0.5) is 11.4 Å². The summed E-state index contributed by atoms with van der Waals surface area (Å²) in [6.07, 6.45) is 5.92. The highest BCUT2D eigenvalue weighted by Crippen LogP contribution is 2.55. The molecule has 53 heavy (non-hydrogen) atoms. The van der Waals surface area contributed by atoms with Crippen LogP contribution < -0.4 is 4.90 Å². The molecule has 0 N–H and O–H groups in total. The van der Waals surface area contributed by atoms with Crippen molar-refractivity contribution in [3.8, 4) is 27.9 Å². The van der Waals surface area contributed by atoms with Crippen molar-refractivity contribution < 1.29 is 0 Å². The number of anilines is 2. The van der Waals surface area contributed by atoms with E-state index in [1.54, 1.807) is 0 Å². The van der Waals surface area contributed by atoms with Crippen molar-refractivity contribution in [1.29, 1.82) is 0 Å². The monoisotopic (exact) mass is 676 g/mol. The summed E-state index contributed by atoms with van der Waals surface area (Å²) in [5.74, 6) is 0.366. The number of hydrogen-bond donors (Lipinski definition) is 0. The van der Waals surface area contributed by atoms with Gasteiger partial charge in [-0.1, -0.05) is 140 Å². The third-order valence-electron chi connectivity index (χ3n) is 11.4. The van der Waals surface area contributed by atoms with E-state index in [4.69, 9.17) is 0 Å². The first-order valence-electron chi connectivity index (χ1n) is 18.7. The van der Waals surface area contributed by atoms with Crippen molar-refractivity contribution in [3.05, 3.63) is 193 Å². The number of allylic oxidation sites excluding steroid dienone is 3. The van der Waals surface area contributed by atoms with Gasteiger partial charge in [-0.2, -0.15) is 0 Å². The van der Waals surface area contributed by atoms with E-state index in [0.29, 0.717) is 5.92 Å². The average Bonchev–Trinajstić information content (AvgIpc) is 3.73. The fraction of sp³-hybridized carbons (Fsp3) is 0.0588. The SMILES string of the molecule is CC1C=C(N(c2ccc3c4ccccc4n(-c4ccccc4)c3c2)c2cccc3c2-c2c4ccccc4cc4cccc-3c24)C=C(c2ccccc2)C1. The lowest BCUT2D eigenvalue weighted by molar-refractivity contribution is 0.738. The molecule has 250 valence electrons. The van der Waals surface area contributed by atoms with Gasteiger partial charge in [-0.05, 0) is 105 Å². The molecule has 0 aliphatic heterocycles. The molecule has 11 rings (SSSR count). The second-order valence-electron chi connectivity index (χ2n) is 14.6. The highest BCUT2D eigenvalue weighted by molar-refractivity contribution is 6.26. The van der Waals surface area contributed by atoms with Gasteiger partial charge in [0.2, 0.25) is 0 Å². The molecule has 1 unspecified atom stereocenters. The standard InChI is InChI=1S/C51H36N2/c1-33-28-37(34-14-4-2-5-15-34)31-40(29-33)52(39-26-27-43-42-21-10-11-24-46(42)53(48(43)32-39)38-18-6-3-7-19-38)47-25-13-23-45-44-22-12-17-36-30-35-16-8-9-20-41(35)51(49(36)44)50(45)47/h2-27,29-33H,28H2,1H3. The zero-order chi connectivity index (χ0) is 35.0. The van der Waals surface area contributed by atoms with Gasteiger partial charge < -0.3 is 9.47 Å². The van der Waals surface area contributed by atoms with Crippen LogP contribution in [0.3, 0.4) is 0 Å². The van der Waals surface area contributed by atoms with Gasteiger partial charge in [-0.3, -0.25) is 0 Å². The molecular formula is C51H36N2. The molecule has 0 radical (unpaired) electrons. The van der Waals surface area contributed by atoms with Crippen LogP contribution in [0, 0.1) is 5.92 Å². The molecule has 0 amide bonds. The normalized spacial score (nSPS) is 14.8. The number of hydrogen-bond acceptors (Lipinski definition) is 1. The molecular weight excluding hydrogens is 641 g/mol. The quantitative estimate of drug-likeness (QED) is 0.165. The molecule has 2 aliphatic rings. The van der Waals surface area contributed by atoms with Crippen molar-refractivity contribution in [2.24, 2.45) is 5.92 Å². The van der Waals surface area contributed by atoms with Crippen LogP contribution >= 0.6 is 0 Å². The number of rotatable bonds is 5. The Morgan fingerprint density at radius 1 is 0.547 bits per heavy atom. The van der Waals surface area contributed by atoms with Crippen LogP contribution in [0.2, 0.25) is 0 Å². The lowest BCUT2D eigenvalue weighted by atomic mass is 9.88. The van der Waals surface area contributed by atoms with E-state index in [-0.39, 0.29) is 0 Å². The summed E-state index contributed by atoms with van der Waals surface area (Å²) in [5, 5.41) is 7.71. The summed E-state index contributed by atoms with van der Waals surface area (Å²) in [6, 6.07) is 62.5. The second kappa shape index (κ2) is 11.7. The van der Waals surface area contributed by atoms with Gasteiger partial charge in [0, 0.05) is 39.0 Å². The Morgan fingerprint density at radius 3 is 2.11 bits per heavy atom. The Bertz CT molecular complexity index is 2980. The molecule has 1 atom stereocenters. The molecule has 2 nitrogen and oxygen atoms in total. The van der Waals surface area contributed by atoms with Gasteiger partial charge in [0.25, 0.3) is 0 Å². The van der Waals surface area contributed by atoms with Gasteiger partial charge in [0.05, 0.1) is 16.7 Å². The van der Waals surface area contributed by atoms with Crippen LogP contribution in [0.25, 0.3) is 76.9 Å². The van der Waals surface area contributed by atoms with Crippen LogP contribution in [-0.2, 0) is 0 Å². The summed E-state index contributed by atoms with van der Waals surface area (Å²) < 4.78 is 2.43. The van der Waals surface area contributed by atoms with Crippen molar-refractivity contribution >= 4 is 60.3 Å². The first-order valence-corrected chi connectivity index (χ1v) is 18.7. The Kier molecular flexibility index (Phi) is 6.63. The zero-order valence-corrected chi connectivity index (χ0v) is 29.5. The van der Waals surface area contributed by atoms with Crippen LogP contribution in [0.5, 0.6) is 0 Å². The average molecular weight is 677 g/mol. The molecule has 2 heteroatoms. The molecule has 0 spiro atoms. The molecule has 1 heterocycles. The molecule has 1 aromatic heterocycles. The molecule has 0 saturated carbocycles. The Balaban J connectivity index is 1.23.